The van der Waals surface area contributed by atoms with Crippen molar-refractivity contribution in [1.29, 1.82) is 0 Å². The molecule has 0 amide bonds. The summed E-state index contributed by atoms with van der Waals surface area (Å²) in [5.41, 5.74) is 0.427. The number of carboxylic acids is 1. The average molecular weight is 315 g/mol. The SMILES string of the molecule is O=C(O)[C@@]12CCC[C@H]1CN(c1nc(-c3ccccc3)ns1)C2. The second-order valence-electron chi connectivity index (χ2n) is 6.20. The number of carbonyl (C=O) groups is 1. The second kappa shape index (κ2) is 5.05. The summed E-state index contributed by atoms with van der Waals surface area (Å²) in [6, 6.07) is 9.88. The lowest BCUT2D eigenvalue weighted by molar-refractivity contribution is -0.149. The van der Waals surface area contributed by atoms with Crippen LogP contribution in [0.2, 0.25) is 0 Å². The summed E-state index contributed by atoms with van der Waals surface area (Å²) >= 11 is 1.36. The van der Waals surface area contributed by atoms with Crippen LogP contribution < -0.4 is 4.90 Å². The van der Waals surface area contributed by atoms with Gasteiger partial charge in [0.1, 0.15) is 0 Å². The fourth-order valence-electron chi connectivity index (χ4n) is 3.83. The number of fused-ring (bicyclic) bond motifs is 1. The second-order valence-corrected chi connectivity index (χ2v) is 6.93. The molecule has 4 rings (SSSR count). The van der Waals surface area contributed by atoms with Gasteiger partial charge in [0.25, 0.3) is 0 Å². The molecule has 1 N–H and O–H groups in total. The van der Waals surface area contributed by atoms with Crippen molar-refractivity contribution < 1.29 is 9.90 Å². The molecule has 2 atom stereocenters. The first-order valence-corrected chi connectivity index (χ1v) is 8.34. The molecule has 0 spiro atoms. The van der Waals surface area contributed by atoms with E-state index in [0.717, 1.165) is 42.3 Å². The van der Waals surface area contributed by atoms with Gasteiger partial charge >= 0.3 is 5.97 Å². The molecular formula is C16H17N3O2S. The van der Waals surface area contributed by atoms with Gasteiger partial charge in [-0.1, -0.05) is 36.8 Å². The van der Waals surface area contributed by atoms with Gasteiger partial charge in [-0.25, -0.2) is 0 Å². The van der Waals surface area contributed by atoms with Gasteiger partial charge in [-0.05, 0) is 18.8 Å². The van der Waals surface area contributed by atoms with E-state index in [1.54, 1.807) is 0 Å². The third kappa shape index (κ3) is 2.01. The highest BCUT2D eigenvalue weighted by Crippen LogP contribution is 2.50. The van der Waals surface area contributed by atoms with Crippen LogP contribution in [0.15, 0.2) is 30.3 Å². The highest BCUT2D eigenvalue weighted by atomic mass is 32.1. The molecule has 1 aromatic heterocycles. The van der Waals surface area contributed by atoms with E-state index < -0.39 is 11.4 Å². The van der Waals surface area contributed by atoms with Crippen LogP contribution in [0.5, 0.6) is 0 Å². The van der Waals surface area contributed by atoms with Crippen LogP contribution in [0.4, 0.5) is 5.13 Å². The predicted molar refractivity (Wildman–Crippen MR) is 85.0 cm³/mol. The first-order valence-electron chi connectivity index (χ1n) is 7.56. The zero-order valence-electron chi connectivity index (χ0n) is 12.1. The lowest BCUT2D eigenvalue weighted by Crippen LogP contribution is -2.35. The van der Waals surface area contributed by atoms with Crippen LogP contribution >= 0.6 is 11.5 Å². The van der Waals surface area contributed by atoms with Gasteiger partial charge in [-0.3, -0.25) is 4.79 Å². The highest BCUT2D eigenvalue weighted by Gasteiger charge is 2.55. The number of aromatic nitrogens is 2. The maximum absolute atomic E-state index is 11.7. The zero-order chi connectivity index (χ0) is 15.2. The number of hydrogen-bond acceptors (Lipinski definition) is 5. The van der Waals surface area contributed by atoms with E-state index in [1.165, 1.54) is 11.5 Å². The molecular weight excluding hydrogens is 298 g/mol. The van der Waals surface area contributed by atoms with Gasteiger partial charge in [0.05, 0.1) is 5.41 Å². The van der Waals surface area contributed by atoms with E-state index in [0.29, 0.717) is 6.54 Å². The molecule has 114 valence electrons. The molecule has 1 aliphatic heterocycles. The van der Waals surface area contributed by atoms with Crippen molar-refractivity contribution >= 4 is 22.6 Å². The summed E-state index contributed by atoms with van der Waals surface area (Å²) in [5.74, 6) is 0.321. The minimum atomic E-state index is -0.648. The summed E-state index contributed by atoms with van der Waals surface area (Å²) in [6.45, 7) is 1.35. The van der Waals surface area contributed by atoms with Crippen molar-refractivity contribution in [3.63, 3.8) is 0 Å². The number of benzene rings is 1. The summed E-state index contributed by atoms with van der Waals surface area (Å²) < 4.78 is 4.43. The summed E-state index contributed by atoms with van der Waals surface area (Å²) in [7, 11) is 0. The number of anilines is 1. The van der Waals surface area contributed by atoms with Crippen molar-refractivity contribution in [2.24, 2.45) is 11.3 Å². The van der Waals surface area contributed by atoms with Gasteiger partial charge in [0.15, 0.2) is 5.82 Å². The van der Waals surface area contributed by atoms with Crippen molar-refractivity contribution in [2.75, 3.05) is 18.0 Å². The predicted octanol–water partition coefficient (Wildman–Crippen LogP) is 2.90. The van der Waals surface area contributed by atoms with Crippen molar-refractivity contribution in [3.8, 4) is 11.4 Å². The minimum Gasteiger partial charge on any atom is -0.481 e. The Morgan fingerprint density at radius 2 is 2.18 bits per heavy atom. The summed E-state index contributed by atoms with van der Waals surface area (Å²) in [5, 5.41) is 10.5. The fraction of sp³-hybridized carbons (Fsp3) is 0.438. The Bertz CT molecular complexity index is 702. The molecule has 2 fully saturated rings. The first kappa shape index (κ1) is 13.7. The molecule has 1 saturated heterocycles. The van der Waals surface area contributed by atoms with E-state index in [-0.39, 0.29) is 5.92 Å². The number of rotatable bonds is 3. The molecule has 6 heteroatoms. The summed E-state index contributed by atoms with van der Waals surface area (Å²) in [6.07, 6.45) is 2.82. The number of aliphatic carboxylic acids is 1. The molecule has 2 aromatic rings. The molecule has 2 heterocycles. The maximum atomic E-state index is 11.7. The van der Waals surface area contributed by atoms with Crippen LogP contribution in [-0.4, -0.2) is 33.5 Å². The first-order chi connectivity index (χ1) is 10.7. The van der Waals surface area contributed by atoms with Crippen LogP contribution in [0.1, 0.15) is 19.3 Å². The van der Waals surface area contributed by atoms with E-state index in [1.807, 2.05) is 30.3 Å². The number of carboxylic acid groups (broad SMARTS) is 1. The van der Waals surface area contributed by atoms with Crippen LogP contribution in [0.3, 0.4) is 0 Å². The maximum Gasteiger partial charge on any atom is 0.311 e. The molecule has 1 aromatic carbocycles. The quantitative estimate of drug-likeness (QED) is 0.943. The smallest absolute Gasteiger partial charge is 0.311 e. The number of nitrogens with zero attached hydrogens (tertiary/aromatic N) is 3. The van der Waals surface area contributed by atoms with Gasteiger partial charge in [0, 0.05) is 30.2 Å². The van der Waals surface area contributed by atoms with Crippen molar-refractivity contribution in [2.45, 2.75) is 19.3 Å². The van der Waals surface area contributed by atoms with Gasteiger partial charge in [-0.15, -0.1) is 0 Å². The van der Waals surface area contributed by atoms with E-state index in [4.69, 9.17) is 0 Å². The molecule has 1 aliphatic carbocycles. The third-order valence-electron chi connectivity index (χ3n) is 5.01. The molecule has 22 heavy (non-hydrogen) atoms. The summed E-state index contributed by atoms with van der Waals surface area (Å²) in [4.78, 5) is 18.5. The van der Waals surface area contributed by atoms with E-state index >= 15 is 0 Å². The average Bonchev–Trinajstić information content (AvgIpc) is 3.21. The number of hydrogen-bond donors (Lipinski definition) is 1. The van der Waals surface area contributed by atoms with Crippen LogP contribution in [-0.2, 0) is 4.79 Å². The Balaban J connectivity index is 1.60. The molecule has 1 saturated carbocycles. The Hall–Kier alpha value is -1.95. The van der Waals surface area contributed by atoms with Crippen LogP contribution in [0, 0.1) is 11.3 Å². The molecule has 2 aliphatic rings. The van der Waals surface area contributed by atoms with E-state index in [9.17, 15) is 9.90 Å². The normalized spacial score (nSPS) is 27.1. The monoisotopic (exact) mass is 315 g/mol. The minimum absolute atomic E-state index is 0.245. The Morgan fingerprint density at radius 1 is 1.36 bits per heavy atom. The van der Waals surface area contributed by atoms with Crippen molar-refractivity contribution in [3.05, 3.63) is 30.3 Å². The molecule has 0 unspecified atom stereocenters. The Labute approximate surface area is 132 Å². The van der Waals surface area contributed by atoms with Crippen LogP contribution in [0.25, 0.3) is 11.4 Å². The topological polar surface area (TPSA) is 66.3 Å². The lowest BCUT2D eigenvalue weighted by Gasteiger charge is -2.22. The Morgan fingerprint density at radius 3 is 2.91 bits per heavy atom. The molecule has 0 radical (unpaired) electrons. The largest absolute Gasteiger partial charge is 0.481 e. The Kier molecular flexibility index (Phi) is 3.14. The molecule has 5 nitrogen and oxygen atoms in total. The van der Waals surface area contributed by atoms with E-state index in [2.05, 4.69) is 14.3 Å². The van der Waals surface area contributed by atoms with Gasteiger partial charge in [-0.2, -0.15) is 9.36 Å². The third-order valence-corrected chi connectivity index (χ3v) is 5.79. The van der Waals surface area contributed by atoms with Crippen molar-refractivity contribution in [1.82, 2.24) is 9.36 Å². The lowest BCUT2D eigenvalue weighted by atomic mass is 9.81. The van der Waals surface area contributed by atoms with Gasteiger partial charge < -0.3 is 10.0 Å². The zero-order valence-corrected chi connectivity index (χ0v) is 12.9. The standard InChI is InChI=1S/C16H17N3O2S/c20-14(21)16-8-4-7-12(16)9-19(10-16)15-17-13(18-22-15)11-5-2-1-3-6-11/h1-3,5-6,12H,4,7-10H2,(H,20,21)/t12-,16+/m0/s1. The highest BCUT2D eigenvalue weighted by molar-refractivity contribution is 7.09. The fourth-order valence-corrected chi connectivity index (χ4v) is 4.53. The van der Waals surface area contributed by atoms with Gasteiger partial charge in [0.2, 0.25) is 5.13 Å². The molecule has 0 bridgehead atoms.